The van der Waals surface area contributed by atoms with Crippen LogP contribution in [0, 0.1) is 13.8 Å². The van der Waals surface area contributed by atoms with Gasteiger partial charge in [0.1, 0.15) is 0 Å². The molecule has 2 amide bonds. The van der Waals surface area contributed by atoms with Crippen molar-refractivity contribution in [2.45, 2.75) is 45.7 Å². The van der Waals surface area contributed by atoms with E-state index in [0.29, 0.717) is 17.0 Å². The molecular formula is C17H22N4O2S. The van der Waals surface area contributed by atoms with Crippen LogP contribution in [-0.4, -0.2) is 39.1 Å². The molecule has 1 atom stereocenters. The van der Waals surface area contributed by atoms with Crippen molar-refractivity contribution in [3.63, 3.8) is 0 Å². The van der Waals surface area contributed by atoms with Gasteiger partial charge in [0.25, 0.3) is 5.91 Å². The lowest BCUT2D eigenvalue weighted by molar-refractivity contribution is 0.0588. The molecule has 1 aliphatic heterocycles. The first-order chi connectivity index (χ1) is 11.5. The van der Waals surface area contributed by atoms with Crippen molar-refractivity contribution < 1.29 is 9.59 Å². The maximum absolute atomic E-state index is 12.9. The predicted molar refractivity (Wildman–Crippen MR) is 93.2 cm³/mol. The lowest BCUT2D eigenvalue weighted by Gasteiger charge is -2.35. The van der Waals surface area contributed by atoms with Crippen molar-refractivity contribution in [3.8, 4) is 0 Å². The minimum absolute atomic E-state index is 0.0151. The number of nitrogens with two attached hydrogens (primary N) is 1. The Morgan fingerprint density at radius 3 is 2.75 bits per heavy atom. The molecule has 1 fully saturated rings. The first-order valence-electron chi connectivity index (χ1n) is 8.16. The molecule has 7 heteroatoms. The fourth-order valence-electron chi connectivity index (χ4n) is 3.24. The summed E-state index contributed by atoms with van der Waals surface area (Å²) in [6.45, 7) is 5.46. The lowest BCUT2D eigenvalue weighted by atomic mass is 10.0. The van der Waals surface area contributed by atoms with Crippen LogP contribution in [0.3, 0.4) is 0 Å². The second-order valence-corrected chi connectivity index (χ2v) is 7.23. The monoisotopic (exact) mass is 346 g/mol. The Morgan fingerprint density at radius 2 is 2.12 bits per heavy atom. The molecule has 2 aromatic rings. The molecule has 0 radical (unpaired) electrons. The van der Waals surface area contributed by atoms with E-state index in [1.54, 1.807) is 11.4 Å². The van der Waals surface area contributed by atoms with E-state index in [1.807, 2.05) is 29.5 Å². The van der Waals surface area contributed by atoms with Crippen LogP contribution in [0.1, 0.15) is 50.7 Å². The summed E-state index contributed by atoms with van der Waals surface area (Å²) in [5.41, 5.74) is 7.78. The number of rotatable bonds is 4. The smallest absolute Gasteiger partial charge is 0.264 e. The van der Waals surface area contributed by atoms with Crippen molar-refractivity contribution in [2.24, 2.45) is 5.73 Å². The second-order valence-electron chi connectivity index (χ2n) is 6.32. The topological polar surface area (TPSA) is 81.2 Å². The molecule has 6 nitrogen and oxygen atoms in total. The van der Waals surface area contributed by atoms with Gasteiger partial charge in [0, 0.05) is 17.6 Å². The first kappa shape index (κ1) is 16.7. The van der Waals surface area contributed by atoms with Crippen molar-refractivity contribution >= 4 is 23.2 Å². The molecule has 2 aromatic heterocycles. The molecular weight excluding hydrogens is 324 g/mol. The summed E-state index contributed by atoms with van der Waals surface area (Å²) >= 11 is 1.28. The third-order valence-electron chi connectivity index (χ3n) is 4.47. The number of hydrogen-bond donors (Lipinski definition) is 1. The van der Waals surface area contributed by atoms with Crippen molar-refractivity contribution in [3.05, 3.63) is 39.3 Å². The third-order valence-corrected chi connectivity index (χ3v) is 5.39. The molecule has 128 valence electrons. The van der Waals surface area contributed by atoms with Gasteiger partial charge in [0.2, 0.25) is 5.91 Å². The van der Waals surface area contributed by atoms with Crippen LogP contribution in [-0.2, 0) is 6.54 Å². The maximum atomic E-state index is 12.9. The molecule has 2 N–H and O–H groups in total. The van der Waals surface area contributed by atoms with Gasteiger partial charge < -0.3 is 10.6 Å². The molecule has 0 unspecified atom stereocenters. The first-order valence-corrected chi connectivity index (χ1v) is 9.04. The number of primary amides is 1. The van der Waals surface area contributed by atoms with E-state index in [4.69, 9.17) is 5.73 Å². The number of aryl methyl sites for hydroxylation is 2. The molecule has 0 saturated carbocycles. The molecule has 0 aromatic carbocycles. The van der Waals surface area contributed by atoms with E-state index in [9.17, 15) is 9.59 Å². The van der Waals surface area contributed by atoms with Gasteiger partial charge in [0.05, 0.1) is 28.7 Å². The number of nitrogens with zero attached hydrogens (tertiary/aromatic N) is 3. The third kappa shape index (κ3) is 3.36. The van der Waals surface area contributed by atoms with E-state index in [2.05, 4.69) is 5.10 Å². The standard InChI is InChI=1S/C17H22N4O2S/c1-11-7-12(2)21(19-11)9-14-5-3-4-6-20(14)17(23)15-8-13(10-24-15)16(18)22/h7-8,10,14H,3-6,9H2,1-2H3,(H2,18,22)/t14-/m1/s1. The quantitative estimate of drug-likeness (QED) is 0.923. The fraction of sp³-hybridized carbons (Fsp3) is 0.471. The molecule has 3 heterocycles. The Balaban J connectivity index is 1.79. The summed E-state index contributed by atoms with van der Waals surface area (Å²) in [5, 5.41) is 6.17. The summed E-state index contributed by atoms with van der Waals surface area (Å²) < 4.78 is 1.98. The molecule has 3 rings (SSSR count). The van der Waals surface area contributed by atoms with Crippen molar-refractivity contribution in [2.75, 3.05) is 6.54 Å². The Labute approximate surface area is 145 Å². The summed E-state index contributed by atoms with van der Waals surface area (Å²) in [6.07, 6.45) is 3.09. The number of carbonyl (C=O) groups excluding carboxylic acids is 2. The highest BCUT2D eigenvalue weighted by molar-refractivity contribution is 7.12. The van der Waals surface area contributed by atoms with E-state index in [-0.39, 0.29) is 11.9 Å². The number of likely N-dealkylation sites (tertiary alicyclic amines) is 1. The van der Waals surface area contributed by atoms with Crippen molar-refractivity contribution in [1.29, 1.82) is 0 Å². The molecule has 0 bridgehead atoms. The Bertz CT molecular complexity index is 764. The van der Waals surface area contributed by atoms with E-state index < -0.39 is 5.91 Å². The van der Waals surface area contributed by atoms with Gasteiger partial charge in [-0.25, -0.2) is 0 Å². The van der Waals surface area contributed by atoms with Crippen LogP contribution in [0.4, 0.5) is 0 Å². The number of hydrogen-bond acceptors (Lipinski definition) is 4. The van der Waals surface area contributed by atoms with E-state index >= 15 is 0 Å². The number of amides is 2. The zero-order chi connectivity index (χ0) is 17.3. The summed E-state index contributed by atoms with van der Waals surface area (Å²) in [5.74, 6) is -0.512. The van der Waals surface area contributed by atoms with Crippen LogP contribution in [0.5, 0.6) is 0 Å². The maximum Gasteiger partial charge on any atom is 0.264 e. The Morgan fingerprint density at radius 1 is 1.33 bits per heavy atom. The van der Waals surface area contributed by atoms with Crippen LogP contribution in [0.2, 0.25) is 0 Å². The molecule has 1 saturated heterocycles. The number of thiophene rings is 1. The zero-order valence-corrected chi connectivity index (χ0v) is 14.8. The molecule has 1 aliphatic rings. The number of aromatic nitrogens is 2. The minimum Gasteiger partial charge on any atom is -0.366 e. The van der Waals surface area contributed by atoms with Crippen LogP contribution in [0.25, 0.3) is 0 Å². The van der Waals surface area contributed by atoms with Crippen LogP contribution < -0.4 is 5.73 Å². The summed E-state index contributed by atoms with van der Waals surface area (Å²) in [6, 6.07) is 3.78. The molecule has 24 heavy (non-hydrogen) atoms. The number of carbonyl (C=O) groups is 2. The Kier molecular flexibility index (Phi) is 4.71. The molecule has 0 spiro atoms. The predicted octanol–water partition coefficient (Wildman–Crippen LogP) is 2.36. The van der Waals surface area contributed by atoms with E-state index in [0.717, 1.165) is 37.2 Å². The van der Waals surface area contributed by atoms with Crippen molar-refractivity contribution in [1.82, 2.24) is 14.7 Å². The average Bonchev–Trinajstić information content (AvgIpc) is 3.14. The molecule has 0 aliphatic carbocycles. The minimum atomic E-state index is -0.497. The summed E-state index contributed by atoms with van der Waals surface area (Å²) in [7, 11) is 0. The van der Waals surface area contributed by atoms with Crippen LogP contribution >= 0.6 is 11.3 Å². The Hall–Kier alpha value is -2.15. The van der Waals surface area contributed by atoms with Crippen LogP contribution in [0.15, 0.2) is 17.5 Å². The summed E-state index contributed by atoms with van der Waals surface area (Å²) in [4.78, 5) is 26.6. The van der Waals surface area contributed by atoms with Gasteiger partial charge in [-0.05, 0) is 45.2 Å². The van der Waals surface area contributed by atoms with Gasteiger partial charge in [0.15, 0.2) is 0 Å². The van der Waals surface area contributed by atoms with Gasteiger partial charge in [-0.2, -0.15) is 5.10 Å². The normalized spacial score (nSPS) is 17.9. The second kappa shape index (κ2) is 6.76. The van der Waals surface area contributed by atoms with Gasteiger partial charge in [-0.1, -0.05) is 0 Å². The fourth-order valence-corrected chi connectivity index (χ4v) is 4.09. The SMILES string of the molecule is Cc1cc(C)n(C[C@H]2CCCCN2C(=O)c2cc(C(N)=O)cs2)n1. The largest absolute Gasteiger partial charge is 0.366 e. The van der Waals surface area contributed by atoms with Gasteiger partial charge >= 0.3 is 0 Å². The lowest BCUT2D eigenvalue weighted by Crippen LogP contribution is -2.45. The number of piperidine rings is 1. The average molecular weight is 346 g/mol. The van der Waals surface area contributed by atoms with E-state index in [1.165, 1.54) is 11.3 Å². The highest BCUT2D eigenvalue weighted by Crippen LogP contribution is 2.24. The zero-order valence-electron chi connectivity index (χ0n) is 14.0. The highest BCUT2D eigenvalue weighted by Gasteiger charge is 2.29. The van der Waals surface area contributed by atoms with Gasteiger partial charge in [-0.3, -0.25) is 14.3 Å². The van der Waals surface area contributed by atoms with Gasteiger partial charge in [-0.15, -0.1) is 11.3 Å². The highest BCUT2D eigenvalue weighted by atomic mass is 32.1.